The van der Waals surface area contributed by atoms with Crippen LogP contribution in [0.3, 0.4) is 0 Å². The molecule has 0 bridgehead atoms. The van der Waals surface area contributed by atoms with Gasteiger partial charge in [-0.25, -0.2) is 8.78 Å². The fraction of sp³-hybridized carbons (Fsp3) is 0.571. The second-order valence-corrected chi connectivity index (χ2v) is 6.10. The van der Waals surface area contributed by atoms with Crippen LogP contribution < -0.4 is 11.1 Å². The van der Waals surface area contributed by atoms with Gasteiger partial charge in [-0.3, -0.25) is 0 Å². The molecule has 0 aliphatic rings. The number of hydrogen-bond donors (Lipinski definition) is 2. The third-order valence-corrected chi connectivity index (χ3v) is 2.81. The van der Waals surface area contributed by atoms with Crippen molar-refractivity contribution in [2.75, 3.05) is 13.1 Å². The minimum Gasteiger partial charge on any atom is -0.324 e. The van der Waals surface area contributed by atoms with Gasteiger partial charge in [0.05, 0.1) is 0 Å². The van der Waals surface area contributed by atoms with Gasteiger partial charge in [-0.2, -0.15) is 0 Å². The van der Waals surface area contributed by atoms with E-state index >= 15 is 0 Å². The SMILES string of the molecule is CC(C)(N)CNCC(C)(C)c1ccc(F)cc1F. The molecule has 3 N–H and O–H groups in total. The van der Waals surface area contributed by atoms with E-state index in [1.165, 1.54) is 12.1 Å². The van der Waals surface area contributed by atoms with Crippen LogP contribution in [-0.2, 0) is 5.41 Å². The van der Waals surface area contributed by atoms with Crippen molar-refractivity contribution >= 4 is 0 Å². The summed E-state index contributed by atoms with van der Waals surface area (Å²) in [4.78, 5) is 0. The number of nitrogens with two attached hydrogens (primary N) is 1. The Morgan fingerprint density at radius 2 is 1.72 bits per heavy atom. The van der Waals surface area contributed by atoms with Gasteiger partial charge < -0.3 is 11.1 Å². The van der Waals surface area contributed by atoms with E-state index in [4.69, 9.17) is 5.73 Å². The normalized spacial score (nSPS) is 12.8. The molecule has 0 unspecified atom stereocenters. The second kappa shape index (κ2) is 5.33. The van der Waals surface area contributed by atoms with Crippen molar-refractivity contribution in [3.8, 4) is 0 Å². The highest BCUT2D eigenvalue weighted by molar-refractivity contribution is 5.26. The number of halogens is 2. The molecule has 0 aliphatic carbocycles. The second-order valence-electron chi connectivity index (χ2n) is 6.10. The van der Waals surface area contributed by atoms with Gasteiger partial charge in [-0.1, -0.05) is 19.9 Å². The average molecular weight is 256 g/mol. The topological polar surface area (TPSA) is 38.0 Å². The zero-order valence-corrected chi connectivity index (χ0v) is 11.5. The maximum atomic E-state index is 13.7. The molecule has 0 aromatic heterocycles. The minimum atomic E-state index is -0.553. The van der Waals surface area contributed by atoms with Gasteiger partial charge in [-0.15, -0.1) is 0 Å². The standard InChI is InChI=1S/C14H22F2N2/c1-13(2,8-18-9-14(3,4)17)11-6-5-10(15)7-12(11)16/h5-7,18H,8-9,17H2,1-4H3. The zero-order valence-electron chi connectivity index (χ0n) is 11.5. The Kier molecular flexibility index (Phi) is 4.46. The minimum absolute atomic E-state index is 0.308. The Labute approximate surface area is 108 Å². The van der Waals surface area contributed by atoms with Crippen molar-refractivity contribution in [2.45, 2.75) is 38.6 Å². The summed E-state index contributed by atoms with van der Waals surface area (Å²) in [5.74, 6) is -1.06. The first-order chi connectivity index (χ1) is 8.12. The Morgan fingerprint density at radius 1 is 1.11 bits per heavy atom. The molecule has 0 spiro atoms. The van der Waals surface area contributed by atoms with Gasteiger partial charge in [0.15, 0.2) is 0 Å². The lowest BCUT2D eigenvalue weighted by atomic mass is 9.84. The maximum absolute atomic E-state index is 13.7. The Hall–Kier alpha value is -1.00. The lowest BCUT2D eigenvalue weighted by molar-refractivity contribution is 0.400. The van der Waals surface area contributed by atoms with E-state index in [0.29, 0.717) is 18.7 Å². The third-order valence-electron chi connectivity index (χ3n) is 2.81. The quantitative estimate of drug-likeness (QED) is 0.849. The molecule has 1 rings (SSSR count). The van der Waals surface area contributed by atoms with E-state index < -0.39 is 17.0 Å². The van der Waals surface area contributed by atoms with E-state index in [9.17, 15) is 8.78 Å². The summed E-state index contributed by atoms with van der Waals surface area (Å²) in [5, 5.41) is 3.22. The van der Waals surface area contributed by atoms with Gasteiger partial charge in [0.25, 0.3) is 0 Å². The van der Waals surface area contributed by atoms with Crippen LogP contribution in [0.2, 0.25) is 0 Å². The molecule has 1 aromatic rings. The van der Waals surface area contributed by atoms with Crippen molar-refractivity contribution < 1.29 is 8.78 Å². The fourth-order valence-electron chi connectivity index (χ4n) is 1.83. The molecule has 4 heteroatoms. The largest absolute Gasteiger partial charge is 0.324 e. The van der Waals surface area contributed by atoms with Crippen molar-refractivity contribution in [3.05, 3.63) is 35.4 Å². The van der Waals surface area contributed by atoms with Crippen molar-refractivity contribution in [3.63, 3.8) is 0 Å². The van der Waals surface area contributed by atoms with Gasteiger partial charge in [0, 0.05) is 30.1 Å². The molecular formula is C14H22F2N2. The summed E-state index contributed by atoms with van der Waals surface area (Å²) in [6.45, 7) is 8.89. The Bertz CT molecular complexity index is 409. The van der Waals surface area contributed by atoms with Gasteiger partial charge in [-0.05, 0) is 25.5 Å². The van der Waals surface area contributed by atoms with Crippen LogP contribution >= 0.6 is 0 Å². The van der Waals surface area contributed by atoms with E-state index in [1.807, 2.05) is 27.7 Å². The maximum Gasteiger partial charge on any atom is 0.129 e. The molecule has 1 aromatic carbocycles. The Balaban J connectivity index is 2.73. The first-order valence-electron chi connectivity index (χ1n) is 6.07. The number of nitrogens with one attached hydrogen (secondary N) is 1. The number of hydrogen-bond acceptors (Lipinski definition) is 2. The van der Waals surface area contributed by atoms with Crippen LogP contribution in [0.4, 0.5) is 8.78 Å². The molecule has 0 aliphatic heterocycles. The van der Waals surface area contributed by atoms with E-state index in [0.717, 1.165) is 6.07 Å². The molecule has 0 atom stereocenters. The number of rotatable bonds is 5. The van der Waals surface area contributed by atoms with Gasteiger partial charge in [0.1, 0.15) is 11.6 Å². The molecular weight excluding hydrogens is 234 g/mol. The zero-order chi connectivity index (χ0) is 14.0. The summed E-state index contributed by atoms with van der Waals surface area (Å²) >= 11 is 0. The average Bonchev–Trinajstić information content (AvgIpc) is 2.13. The summed E-state index contributed by atoms with van der Waals surface area (Å²) in [6.07, 6.45) is 0. The molecule has 18 heavy (non-hydrogen) atoms. The first-order valence-corrected chi connectivity index (χ1v) is 6.07. The summed E-state index contributed by atoms with van der Waals surface area (Å²) in [6, 6.07) is 3.71. The van der Waals surface area contributed by atoms with Crippen molar-refractivity contribution in [2.24, 2.45) is 5.73 Å². The molecule has 0 fully saturated rings. The monoisotopic (exact) mass is 256 g/mol. The number of benzene rings is 1. The summed E-state index contributed by atoms with van der Waals surface area (Å²) in [7, 11) is 0. The van der Waals surface area contributed by atoms with Crippen LogP contribution in [0.25, 0.3) is 0 Å². The predicted octanol–water partition coefficient (Wildman–Crippen LogP) is 2.57. The molecule has 0 saturated carbocycles. The smallest absolute Gasteiger partial charge is 0.129 e. The molecule has 0 amide bonds. The molecule has 0 heterocycles. The summed E-state index contributed by atoms with van der Waals surface area (Å²) in [5.41, 5.74) is 5.65. The van der Waals surface area contributed by atoms with Gasteiger partial charge in [0.2, 0.25) is 0 Å². The molecule has 2 nitrogen and oxygen atoms in total. The van der Waals surface area contributed by atoms with Crippen LogP contribution in [0, 0.1) is 11.6 Å². The van der Waals surface area contributed by atoms with E-state index in [1.54, 1.807) is 0 Å². The Morgan fingerprint density at radius 3 is 2.22 bits per heavy atom. The lowest BCUT2D eigenvalue weighted by Gasteiger charge is -2.28. The predicted molar refractivity (Wildman–Crippen MR) is 70.5 cm³/mol. The third kappa shape index (κ3) is 4.35. The van der Waals surface area contributed by atoms with Crippen LogP contribution in [-0.4, -0.2) is 18.6 Å². The fourth-order valence-corrected chi connectivity index (χ4v) is 1.83. The highest BCUT2D eigenvalue weighted by Crippen LogP contribution is 2.25. The molecule has 0 saturated heterocycles. The summed E-state index contributed by atoms with van der Waals surface area (Å²) < 4.78 is 26.6. The lowest BCUT2D eigenvalue weighted by Crippen LogP contribution is -2.46. The van der Waals surface area contributed by atoms with Gasteiger partial charge >= 0.3 is 0 Å². The van der Waals surface area contributed by atoms with E-state index in [2.05, 4.69) is 5.32 Å². The molecule has 102 valence electrons. The van der Waals surface area contributed by atoms with Crippen molar-refractivity contribution in [1.82, 2.24) is 5.32 Å². The molecule has 0 radical (unpaired) electrons. The van der Waals surface area contributed by atoms with Crippen LogP contribution in [0.1, 0.15) is 33.3 Å². The van der Waals surface area contributed by atoms with Crippen LogP contribution in [0.15, 0.2) is 18.2 Å². The first kappa shape index (κ1) is 15.1. The van der Waals surface area contributed by atoms with Crippen molar-refractivity contribution in [1.29, 1.82) is 0 Å². The van der Waals surface area contributed by atoms with Crippen LogP contribution in [0.5, 0.6) is 0 Å². The van der Waals surface area contributed by atoms with E-state index in [-0.39, 0.29) is 5.54 Å². The highest BCUT2D eigenvalue weighted by Gasteiger charge is 2.24. The highest BCUT2D eigenvalue weighted by atomic mass is 19.1.